The summed E-state index contributed by atoms with van der Waals surface area (Å²) in [5, 5.41) is 5.81. The first kappa shape index (κ1) is 31.0. The van der Waals surface area contributed by atoms with Gasteiger partial charge in [-0.3, -0.25) is 9.59 Å². The molecule has 0 aliphatic heterocycles. The molecule has 1 aromatic rings. The number of nitrogens with one attached hydrogen (secondary N) is 2. The summed E-state index contributed by atoms with van der Waals surface area (Å²) in [7, 11) is 0. The second kappa shape index (κ2) is 12.8. The van der Waals surface area contributed by atoms with Crippen molar-refractivity contribution < 1.29 is 19.1 Å². The summed E-state index contributed by atoms with van der Waals surface area (Å²) in [6.07, 6.45) is 6.13. The minimum atomic E-state index is -0.912. The molecule has 1 rings (SSSR count). The number of ether oxygens (including phenoxy) is 1. The number of nitrogens with zero attached hydrogens (tertiary/aromatic N) is 1. The molecule has 0 aliphatic rings. The summed E-state index contributed by atoms with van der Waals surface area (Å²) in [6, 6.07) is 5.02. The summed E-state index contributed by atoms with van der Waals surface area (Å²) >= 11 is 0. The van der Waals surface area contributed by atoms with Crippen LogP contribution in [-0.4, -0.2) is 46.0 Å². The van der Waals surface area contributed by atoms with Gasteiger partial charge in [-0.05, 0) is 78.5 Å². The molecule has 2 N–H and O–H groups in total. The molecule has 0 saturated carbocycles. The van der Waals surface area contributed by atoms with Gasteiger partial charge in [0.05, 0.1) is 0 Å². The van der Waals surface area contributed by atoms with Crippen molar-refractivity contribution in [3.8, 4) is 12.3 Å². The number of carbonyl (C=O) groups excluding carboxylic acids is 3. The van der Waals surface area contributed by atoms with Gasteiger partial charge in [0.1, 0.15) is 17.7 Å². The summed E-state index contributed by atoms with van der Waals surface area (Å²) in [6.45, 7) is 18.7. The SMILES string of the molecule is C#Cc1ccc(C(C(=O)NC(C)(C)C)N(C(=O)C(NC(=O)OC(C)(C)C)C(C)CC)C(C)CC)cc1. The lowest BCUT2D eigenvalue weighted by Crippen LogP contribution is -2.58. The van der Waals surface area contributed by atoms with E-state index in [1.165, 1.54) is 0 Å². The van der Waals surface area contributed by atoms with Crippen LogP contribution in [0.4, 0.5) is 4.79 Å². The Morgan fingerprint density at radius 2 is 1.56 bits per heavy atom. The van der Waals surface area contributed by atoms with E-state index in [4.69, 9.17) is 11.2 Å². The van der Waals surface area contributed by atoms with Crippen molar-refractivity contribution in [2.75, 3.05) is 0 Å². The maximum absolute atomic E-state index is 14.2. The van der Waals surface area contributed by atoms with Gasteiger partial charge < -0.3 is 20.3 Å². The zero-order valence-electron chi connectivity index (χ0n) is 23.7. The second-order valence-corrected chi connectivity index (χ2v) is 11.4. The maximum Gasteiger partial charge on any atom is 0.408 e. The van der Waals surface area contributed by atoms with Crippen LogP contribution in [0.2, 0.25) is 0 Å². The van der Waals surface area contributed by atoms with Gasteiger partial charge in [0.2, 0.25) is 11.8 Å². The highest BCUT2D eigenvalue weighted by Gasteiger charge is 2.40. The van der Waals surface area contributed by atoms with E-state index in [0.717, 1.165) is 0 Å². The Kier molecular flexibility index (Phi) is 11.0. The van der Waals surface area contributed by atoms with E-state index in [-0.39, 0.29) is 23.8 Å². The van der Waals surface area contributed by atoms with Crippen LogP contribution in [0.15, 0.2) is 24.3 Å². The number of terminal acetylenes is 1. The Bertz CT molecular complexity index is 935. The first-order chi connectivity index (χ1) is 16.5. The summed E-state index contributed by atoms with van der Waals surface area (Å²) in [5.41, 5.74) is 0.101. The summed E-state index contributed by atoms with van der Waals surface area (Å²) in [5.74, 6) is 1.76. The van der Waals surface area contributed by atoms with Crippen LogP contribution in [0.25, 0.3) is 0 Å². The van der Waals surface area contributed by atoms with Gasteiger partial charge in [-0.15, -0.1) is 6.42 Å². The number of hydrogen-bond donors (Lipinski definition) is 2. The molecule has 3 amide bonds. The molecule has 0 fully saturated rings. The minimum Gasteiger partial charge on any atom is -0.444 e. The highest BCUT2D eigenvalue weighted by atomic mass is 16.6. The maximum atomic E-state index is 14.2. The van der Waals surface area contributed by atoms with Gasteiger partial charge in [-0.2, -0.15) is 0 Å². The van der Waals surface area contributed by atoms with Gasteiger partial charge in [-0.1, -0.05) is 45.2 Å². The molecule has 0 bridgehead atoms. The lowest BCUT2D eigenvalue weighted by atomic mass is 9.93. The molecule has 36 heavy (non-hydrogen) atoms. The number of alkyl carbamates (subject to hydrolysis) is 1. The van der Waals surface area contributed by atoms with Gasteiger partial charge >= 0.3 is 6.09 Å². The Hall–Kier alpha value is -3.01. The van der Waals surface area contributed by atoms with Crippen molar-refractivity contribution in [2.45, 2.75) is 111 Å². The fourth-order valence-corrected chi connectivity index (χ4v) is 3.71. The molecular weight excluding hydrogens is 454 g/mol. The van der Waals surface area contributed by atoms with Crippen molar-refractivity contribution in [2.24, 2.45) is 5.92 Å². The molecule has 0 spiro atoms. The second-order valence-electron chi connectivity index (χ2n) is 11.4. The Morgan fingerprint density at radius 3 is 1.97 bits per heavy atom. The van der Waals surface area contributed by atoms with Crippen molar-refractivity contribution >= 4 is 17.9 Å². The summed E-state index contributed by atoms with van der Waals surface area (Å²) in [4.78, 5) is 42.2. The minimum absolute atomic E-state index is 0.188. The lowest BCUT2D eigenvalue weighted by Gasteiger charge is -2.40. The largest absolute Gasteiger partial charge is 0.444 e. The normalized spacial score (nSPS) is 15.0. The predicted molar refractivity (Wildman–Crippen MR) is 144 cm³/mol. The smallest absolute Gasteiger partial charge is 0.408 e. The molecule has 4 atom stereocenters. The van der Waals surface area contributed by atoms with Crippen LogP contribution in [0.3, 0.4) is 0 Å². The first-order valence-corrected chi connectivity index (χ1v) is 12.7. The predicted octanol–water partition coefficient (Wildman–Crippen LogP) is 5.19. The highest BCUT2D eigenvalue weighted by Crippen LogP contribution is 2.28. The Balaban J connectivity index is 3.62. The van der Waals surface area contributed by atoms with Crippen LogP contribution in [0.5, 0.6) is 0 Å². The van der Waals surface area contributed by atoms with Crippen LogP contribution in [0.1, 0.15) is 99.2 Å². The fourth-order valence-electron chi connectivity index (χ4n) is 3.71. The van der Waals surface area contributed by atoms with Crippen LogP contribution in [-0.2, 0) is 14.3 Å². The van der Waals surface area contributed by atoms with Gasteiger partial charge in [0, 0.05) is 17.1 Å². The van der Waals surface area contributed by atoms with Crippen LogP contribution in [0, 0.1) is 18.3 Å². The molecule has 0 heterocycles. The van der Waals surface area contributed by atoms with E-state index >= 15 is 0 Å². The Morgan fingerprint density at radius 1 is 1.00 bits per heavy atom. The molecule has 7 nitrogen and oxygen atoms in total. The van der Waals surface area contributed by atoms with E-state index in [2.05, 4.69) is 16.6 Å². The van der Waals surface area contributed by atoms with E-state index in [1.54, 1.807) is 49.9 Å². The number of amides is 3. The van der Waals surface area contributed by atoms with Crippen molar-refractivity contribution in [3.05, 3.63) is 35.4 Å². The number of carbonyl (C=O) groups is 3. The zero-order valence-corrected chi connectivity index (χ0v) is 23.7. The van der Waals surface area contributed by atoms with Crippen molar-refractivity contribution in [1.82, 2.24) is 15.5 Å². The summed E-state index contributed by atoms with van der Waals surface area (Å²) < 4.78 is 5.44. The number of benzene rings is 1. The van der Waals surface area contributed by atoms with Crippen molar-refractivity contribution in [1.29, 1.82) is 0 Å². The lowest BCUT2D eigenvalue weighted by molar-refractivity contribution is -0.146. The molecule has 0 saturated heterocycles. The highest BCUT2D eigenvalue weighted by molar-refractivity contribution is 5.92. The molecule has 0 aliphatic carbocycles. The molecule has 1 aromatic carbocycles. The third-order valence-corrected chi connectivity index (χ3v) is 5.89. The van der Waals surface area contributed by atoms with E-state index in [9.17, 15) is 14.4 Å². The molecule has 0 aromatic heterocycles. The molecule has 0 radical (unpaired) electrons. The standard InChI is InChI=1S/C29H45N3O4/c1-12-19(4)23(30-27(35)36-29(9,10)11)26(34)32(20(5)13-2)24(25(33)31-28(6,7)8)22-17-15-21(14-3)16-18-22/h3,15-20,23-24H,12-13H2,1-2,4-11H3,(H,30,35)(H,31,33). The molecular formula is C29H45N3O4. The van der Waals surface area contributed by atoms with Crippen LogP contribution >= 0.6 is 0 Å². The van der Waals surface area contributed by atoms with Gasteiger partial charge in [0.25, 0.3) is 0 Å². The third-order valence-electron chi connectivity index (χ3n) is 5.89. The van der Waals surface area contributed by atoms with Gasteiger partial charge in [0.15, 0.2) is 0 Å². The molecule has 4 unspecified atom stereocenters. The van der Waals surface area contributed by atoms with Crippen molar-refractivity contribution in [3.63, 3.8) is 0 Å². The topological polar surface area (TPSA) is 87.7 Å². The van der Waals surface area contributed by atoms with E-state index < -0.39 is 29.3 Å². The Labute approximate surface area is 217 Å². The fraction of sp³-hybridized carbons (Fsp3) is 0.621. The average molecular weight is 500 g/mol. The zero-order chi connectivity index (χ0) is 27.8. The number of hydrogen-bond acceptors (Lipinski definition) is 4. The number of rotatable bonds is 9. The van der Waals surface area contributed by atoms with E-state index in [0.29, 0.717) is 24.0 Å². The average Bonchev–Trinajstić information content (AvgIpc) is 2.77. The third kappa shape index (κ3) is 9.22. The molecule has 200 valence electrons. The van der Waals surface area contributed by atoms with Crippen LogP contribution < -0.4 is 10.6 Å². The quantitative estimate of drug-likeness (QED) is 0.458. The van der Waals surface area contributed by atoms with E-state index in [1.807, 2.05) is 48.5 Å². The monoisotopic (exact) mass is 499 g/mol. The molecule has 7 heteroatoms. The first-order valence-electron chi connectivity index (χ1n) is 12.7. The van der Waals surface area contributed by atoms with Gasteiger partial charge in [-0.25, -0.2) is 4.79 Å².